The molecule has 0 saturated heterocycles. The molecular weight excluding hydrogens is 364 g/mol. The van der Waals surface area contributed by atoms with Crippen molar-refractivity contribution in [3.05, 3.63) is 66.4 Å². The molecule has 1 amide bonds. The zero-order valence-electron chi connectivity index (χ0n) is 15.1. The molecule has 0 unspecified atom stereocenters. The molecule has 1 aromatic heterocycles. The van der Waals surface area contributed by atoms with Crippen LogP contribution in [0.1, 0.15) is 5.76 Å². The molecule has 28 heavy (non-hydrogen) atoms. The summed E-state index contributed by atoms with van der Waals surface area (Å²) in [6.45, 7) is 0.899. The molecule has 0 spiro atoms. The van der Waals surface area contributed by atoms with Crippen molar-refractivity contribution in [3.63, 3.8) is 0 Å². The number of aromatic nitrogens is 1. The van der Waals surface area contributed by atoms with Crippen LogP contribution in [0.3, 0.4) is 0 Å². The summed E-state index contributed by atoms with van der Waals surface area (Å²) in [5.74, 6) is 0.925. The quantitative estimate of drug-likeness (QED) is 0.596. The molecule has 0 bridgehead atoms. The second-order valence-electron chi connectivity index (χ2n) is 5.71. The van der Waals surface area contributed by atoms with Gasteiger partial charge in [-0.1, -0.05) is 18.2 Å². The van der Waals surface area contributed by atoms with Gasteiger partial charge in [0.15, 0.2) is 13.2 Å². The van der Waals surface area contributed by atoms with E-state index in [9.17, 15) is 9.59 Å². The summed E-state index contributed by atoms with van der Waals surface area (Å²) >= 11 is 0. The number of esters is 1. The van der Waals surface area contributed by atoms with E-state index in [-0.39, 0.29) is 12.5 Å². The highest BCUT2D eigenvalue weighted by Gasteiger charge is 2.10. The Labute approximate surface area is 161 Å². The van der Waals surface area contributed by atoms with E-state index in [1.54, 1.807) is 31.2 Å². The largest absolute Gasteiger partial charge is 0.463 e. The van der Waals surface area contributed by atoms with E-state index >= 15 is 0 Å². The summed E-state index contributed by atoms with van der Waals surface area (Å²) in [4.78, 5) is 23.5. The van der Waals surface area contributed by atoms with Crippen LogP contribution in [0, 0.1) is 6.92 Å². The van der Waals surface area contributed by atoms with Gasteiger partial charge < -0.3 is 24.1 Å². The van der Waals surface area contributed by atoms with Gasteiger partial charge in [0.2, 0.25) is 0 Å². The van der Waals surface area contributed by atoms with Crippen molar-refractivity contribution in [2.24, 2.45) is 0 Å². The van der Waals surface area contributed by atoms with Crippen LogP contribution in [0.5, 0.6) is 17.4 Å². The molecule has 3 aromatic rings. The average Bonchev–Trinajstić information content (AvgIpc) is 3.12. The highest BCUT2D eigenvalue weighted by Crippen LogP contribution is 2.22. The lowest BCUT2D eigenvalue weighted by Gasteiger charge is -2.08. The standard InChI is InChI=1S/C20H18N2O6/c1-14-11-19(22-28-14)25-13-20(24)26-12-18(23)21-15-7-9-17(10-8-15)27-16-5-3-2-4-6-16/h2-11H,12-13H2,1H3,(H,21,23). The lowest BCUT2D eigenvalue weighted by molar-refractivity contribution is -0.149. The van der Waals surface area contributed by atoms with Gasteiger partial charge in [0, 0.05) is 11.8 Å². The number of anilines is 1. The maximum absolute atomic E-state index is 11.9. The number of amides is 1. The topological polar surface area (TPSA) is 99.9 Å². The molecule has 1 N–H and O–H groups in total. The molecule has 144 valence electrons. The SMILES string of the molecule is Cc1cc(OCC(=O)OCC(=O)Nc2ccc(Oc3ccccc3)cc2)no1. The molecule has 8 nitrogen and oxygen atoms in total. The molecule has 8 heteroatoms. The first-order chi connectivity index (χ1) is 13.6. The van der Waals surface area contributed by atoms with Crippen LogP contribution < -0.4 is 14.8 Å². The fourth-order valence-corrected chi connectivity index (χ4v) is 2.16. The Balaban J connectivity index is 1.40. The molecule has 3 rings (SSSR count). The third kappa shape index (κ3) is 5.87. The number of nitrogens with one attached hydrogen (secondary N) is 1. The number of hydrogen-bond acceptors (Lipinski definition) is 7. The third-order valence-electron chi connectivity index (χ3n) is 3.43. The fraction of sp³-hybridized carbons (Fsp3) is 0.150. The Morgan fingerprint density at radius 1 is 1.00 bits per heavy atom. The lowest BCUT2D eigenvalue weighted by atomic mass is 10.3. The second kappa shape index (κ2) is 9.22. The first-order valence-corrected chi connectivity index (χ1v) is 8.43. The summed E-state index contributed by atoms with van der Waals surface area (Å²) in [7, 11) is 0. The zero-order chi connectivity index (χ0) is 19.8. The monoisotopic (exact) mass is 382 g/mol. The zero-order valence-corrected chi connectivity index (χ0v) is 15.1. The normalized spacial score (nSPS) is 10.2. The summed E-state index contributed by atoms with van der Waals surface area (Å²) in [5.41, 5.74) is 0.552. The van der Waals surface area contributed by atoms with Crippen molar-refractivity contribution < 1.29 is 28.3 Å². The van der Waals surface area contributed by atoms with E-state index in [4.69, 9.17) is 18.7 Å². The van der Waals surface area contributed by atoms with Gasteiger partial charge in [0.1, 0.15) is 17.3 Å². The van der Waals surface area contributed by atoms with Crippen LogP contribution in [-0.4, -0.2) is 30.2 Å². The minimum absolute atomic E-state index is 0.178. The minimum atomic E-state index is -0.692. The molecule has 0 atom stereocenters. The highest BCUT2D eigenvalue weighted by molar-refractivity contribution is 5.92. The smallest absolute Gasteiger partial charge is 0.344 e. The van der Waals surface area contributed by atoms with Crippen LogP contribution >= 0.6 is 0 Å². The number of rotatable bonds is 8. The molecule has 0 aliphatic carbocycles. The Morgan fingerprint density at radius 3 is 2.39 bits per heavy atom. The second-order valence-corrected chi connectivity index (χ2v) is 5.71. The first-order valence-electron chi connectivity index (χ1n) is 8.43. The van der Waals surface area contributed by atoms with Gasteiger partial charge in [-0.05, 0) is 48.5 Å². The summed E-state index contributed by atoms with van der Waals surface area (Å²) < 4.78 is 20.4. The van der Waals surface area contributed by atoms with E-state index in [1.807, 2.05) is 30.3 Å². The van der Waals surface area contributed by atoms with E-state index in [1.165, 1.54) is 6.07 Å². The lowest BCUT2D eigenvalue weighted by Crippen LogP contribution is -2.23. The molecule has 0 aliphatic heterocycles. The number of carbonyl (C=O) groups excluding carboxylic acids is 2. The maximum atomic E-state index is 11.9. The first kappa shape index (κ1) is 19.0. The van der Waals surface area contributed by atoms with Crippen molar-refractivity contribution in [3.8, 4) is 17.4 Å². The number of carbonyl (C=O) groups is 2. The van der Waals surface area contributed by atoms with Crippen LogP contribution in [0.15, 0.2) is 65.2 Å². The maximum Gasteiger partial charge on any atom is 0.344 e. The number of para-hydroxylation sites is 1. The third-order valence-corrected chi connectivity index (χ3v) is 3.43. The van der Waals surface area contributed by atoms with Crippen LogP contribution in [0.25, 0.3) is 0 Å². The Kier molecular flexibility index (Phi) is 6.25. The highest BCUT2D eigenvalue weighted by atomic mass is 16.6. The van der Waals surface area contributed by atoms with Gasteiger partial charge in [0.25, 0.3) is 11.8 Å². The van der Waals surface area contributed by atoms with E-state index in [0.29, 0.717) is 22.9 Å². The fourth-order valence-electron chi connectivity index (χ4n) is 2.16. The number of ether oxygens (including phenoxy) is 3. The number of benzene rings is 2. The Bertz CT molecular complexity index is 921. The molecular formula is C20H18N2O6. The van der Waals surface area contributed by atoms with Crippen LogP contribution in [0.4, 0.5) is 5.69 Å². The van der Waals surface area contributed by atoms with Crippen molar-refractivity contribution in [2.75, 3.05) is 18.5 Å². The Morgan fingerprint density at radius 2 is 1.71 bits per heavy atom. The number of hydrogen-bond donors (Lipinski definition) is 1. The van der Waals surface area contributed by atoms with Gasteiger partial charge >= 0.3 is 5.97 Å². The predicted octanol–water partition coefficient (Wildman–Crippen LogP) is 3.34. The molecule has 0 radical (unpaired) electrons. The summed E-state index contributed by atoms with van der Waals surface area (Å²) in [5, 5.41) is 6.20. The average molecular weight is 382 g/mol. The molecule has 0 saturated carbocycles. The van der Waals surface area contributed by atoms with E-state index in [0.717, 1.165) is 0 Å². The van der Waals surface area contributed by atoms with Gasteiger partial charge in [0.05, 0.1) is 0 Å². The molecule has 0 aliphatic rings. The van der Waals surface area contributed by atoms with E-state index < -0.39 is 18.5 Å². The van der Waals surface area contributed by atoms with Gasteiger partial charge in [-0.3, -0.25) is 4.79 Å². The minimum Gasteiger partial charge on any atom is -0.463 e. The molecule has 2 aromatic carbocycles. The van der Waals surface area contributed by atoms with Gasteiger partial charge in [-0.25, -0.2) is 4.79 Å². The molecule has 0 fully saturated rings. The van der Waals surface area contributed by atoms with Crippen molar-refractivity contribution in [2.45, 2.75) is 6.92 Å². The number of nitrogens with zero attached hydrogens (tertiary/aromatic N) is 1. The van der Waals surface area contributed by atoms with Crippen molar-refractivity contribution in [1.82, 2.24) is 5.16 Å². The summed E-state index contributed by atoms with van der Waals surface area (Å²) in [6.07, 6.45) is 0. The number of aryl methyl sites for hydroxylation is 1. The predicted molar refractivity (Wildman–Crippen MR) is 99.3 cm³/mol. The van der Waals surface area contributed by atoms with Gasteiger partial charge in [-0.2, -0.15) is 0 Å². The van der Waals surface area contributed by atoms with E-state index in [2.05, 4.69) is 10.5 Å². The molecule has 1 heterocycles. The Hall–Kier alpha value is -3.81. The van der Waals surface area contributed by atoms with Crippen LogP contribution in [-0.2, 0) is 14.3 Å². The summed E-state index contributed by atoms with van der Waals surface area (Å²) in [6, 6.07) is 17.7. The van der Waals surface area contributed by atoms with Crippen molar-refractivity contribution in [1.29, 1.82) is 0 Å². The van der Waals surface area contributed by atoms with Crippen LogP contribution in [0.2, 0.25) is 0 Å². The van der Waals surface area contributed by atoms with Gasteiger partial charge in [-0.15, -0.1) is 0 Å². The van der Waals surface area contributed by atoms with Crippen molar-refractivity contribution >= 4 is 17.6 Å².